The molecule has 5 nitrogen and oxygen atoms in total. The second-order valence-corrected chi connectivity index (χ2v) is 7.04. The van der Waals surface area contributed by atoms with Crippen molar-refractivity contribution < 1.29 is 17.9 Å². The van der Waals surface area contributed by atoms with E-state index in [0.29, 0.717) is 11.5 Å². The van der Waals surface area contributed by atoms with Crippen LogP contribution < -0.4 is 5.32 Å². The van der Waals surface area contributed by atoms with Gasteiger partial charge in [0.1, 0.15) is 0 Å². The van der Waals surface area contributed by atoms with Gasteiger partial charge in [0, 0.05) is 17.4 Å². The fourth-order valence-corrected chi connectivity index (χ4v) is 3.74. The number of carbonyl (C=O) groups excluding carboxylic acids is 1. The van der Waals surface area contributed by atoms with E-state index in [1.807, 2.05) is 6.07 Å². The number of carbonyl (C=O) groups is 1. The van der Waals surface area contributed by atoms with Crippen LogP contribution in [0.15, 0.2) is 23.6 Å². The lowest BCUT2D eigenvalue weighted by atomic mass is 10.3. The SMILES string of the molecule is COCc1ccc(C(=O)N[C@H]2C=CS(=O)(=O)C2)s1. The monoisotopic (exact) mass is 287 g/mol. The van der Waals surface area contributed by atoms with Gasteiger partial charge in [0.05, 0.1) is 23.3 Å². The number of rotatable bonds is 4. The lowest BCUT2D eigenvalue weighted by molar-refractivity contribution is 0.0952. The van der Waals surface area contributed by atoms with Crippen molar-refractivity contribution in [2.24, 2.45) is 0 Å². The van der Waals surface area contributed by atoms with Gasteiger partial charge in [0.25, 0.3) is 5.91 Å². The van der Waals surface area contributed by atoms with Gasteiger partial charge in [-0.1, -0.05) is 0 Å². The summed E-state index contributed by atoms with van der Waals surface area (Å²) in [7, 11) is -1.55. The summed E-state index contributed by atoms with van der Waals surface area (Å²) in [6.07, 6.45) is 1.50. The molecular weight excluding hydrogens is 274 g/mol. The van der Waals surface area contributed by atoms with E-state index >= 15 is 0 Å². The van der Waals surface area contributed by atoms with Gasteiger partial charge >= 0.3 is 0 Å². The van der Waals surface area contributed by atoms with Crippen LogP contribution in [0.4, 0.5) is 0 Å². The van der Waals surface area contributed by atoms with Crippen molar-refractivity contribution in [2.75, 3.05) is 12.9 Å². The smallest absolute Gasteiger partial charge is 0.261 e. The zero-order valence-corrected chi connectivity index (χ0v) is 11.4. The van der Waals surface area contributed by atoms with Gasteiger partial charge in [-0.05, 0) is 18.2 Å². The van der Waals surface area contributed by atoms with Gasteiger partial charge in [-0.3, -0.25) is 4.79 Å². The molecule has 0 radical (unpaired) electrons. The molecule has 1 aliphatic heterocycles. The van der Waals surface area contributed by atoms with Gasteiger partial charge in [0.15, 0.2) is 9.84 Å². The number of ether oxygens (including phenoxy) is 1. The number of hydrogen-bond acceptors (Lipinski definition) is 5. The summed E-state index contributed by atoms with van der Waals surface area (Å²) in [5.41, 5.74) is 0. The highest BCUT2D eigenvalue weighted by Crippen LogP contribution is 2.18. The Morgan fingerprint density at radius 3 is 2.94 bits per heavy atom. The topological polar surface area (TPSA) is 72.5 Å². The number of nitrogens with one attached hydrogen (secondary N) is 1. The fourth-order valence-electron chi connectivity index (χ4n) is 1.63. The molecular formula is C11H13NO4S2. The maximum absolute atomic E-state index is 11.9. The largest absolute Gasteiger partial charge is 0.379 e. The summed E-state index contributed by atoms with van der Waals surface area (Å²) in [6.45, 7) is 0.468. The van der Waals surface area contributed by atoms with Crippen molar-refractivity contribution in [3.63, 3.8) is 0 Å². The molecule has 0 saturated heterocycles. The van der Waals surface area contributed by atoms with Crippen LogP contribution in [0.3, 0.4) is 0 Å². The molecule has 2 heterocycles. The zero-order valence-electron chi connectivity index (χ0n) is 9.75. The Bertz CT molecular complexity index is 574. The molecule has 0 fully saturated rings. The van der Waals surface area contributed by atoms with Crippen molar-refractivity contribution in [3.05, 3.63) is 33.4 Å². The Morgan fingerprint density at radius 1 is 1.56 bits per heavy atom. The van der Waals surface area contributed by atoms with Gasteiger partial charge in [0.2, 0.25) is 0 Å². The first-order valence-electron chi connectivity index (χ1n) is 5.29. The Hall–Kier alpha value is -1.18. The van der Waals surface area contributed by atoms with Crippen LogP contribution in [0, 0.1) is 0 Å². The number of sulfone groups is 1. The minimum Gasteiger partial charge on any atom is -0.379 e. The molecule has 0 bridgehead atoms. The van der Waals surface area contributed by atoms with E-state index in [1.165, 1.54) is 17.4 Å². The number of amides is 1. The molecule has 1 aromatic rings. The van der Waals surface area contributed by atoms with Crippen molar-refractivity contribution in [3.8, 4) is 0 Å². The van der Waals surface area contributed by atoms with Crippen molar-refractivity contribution in [2.45, 2.75) is 12.6 Å². The highest BCUT2D eigenvalue weighted by molar-refractivity contribution is 7.94. The lowest BCUT2D eigenvalue weighted by Crippen LogP contribution is -2.35. The van der Waals surface area contributed by atoms with Crippen LogP contribution in [-0.4, -0.2) is 33.2 Å². The lowest BCUT2D eigenvalue weighted by Gasteiger charge is -2.08. The van der Waals surface area contributed by atoms with E-state index in [4.69, 9.17) is 4.74 Å². The van der Waals surface area contributed by atoms with Gasteiger partial charge in [-0.2, -0.15) is 0 Å². The van der Waals surface area contributed by atoms with Gasteiger partial charge in [-0.15, -0.1) is 11.3 Å². The third-order valence-corrected chi connectivity index (χ3v) is 4.87. The average molecular weight is 287 g/mol. The van der Waals surface area contributed by atoms with Crippen LogP contribution >= 0.6 is 11.3 Å². The minimum atomic E-state index is -3.14. The summed E-state index contributed by atoms with van der Waals surface area (Å²) < 4.78 is 27.4. The van der Waals surface area contributed by atoms with Crippen molar-refractivity contribution in [1.82, 2.24) is 5.32 Å². The van der Waals surface area contributed by atoms with Crippen LogP contribution in [-0.2, 0) is 21.2 Å². The zero-order chi connectivity index (χ0) is 13.2. The first-order valence-corrected chi connectivity index (χ1v) is 7.83. The second kappa shape index (κ2) is 5.21. The van der Waals surface area contributed by atoms with Gasteiger partial charge in [-0.25, -0.2) is 8.42 Å². The molecule has 1 amide bonds. The molecule has 0 spiro atoms. The van der Waals surface area contributed by atoms with Crippen LogP contribution in [0.5, 0.6) is 0 Å². The maximum atomic E-state index is 11.9. The third kappa shape index (κ3) is 3.18. The van der Waals surface area contributed by atoms with Crippen LogP contribution in [0.2, 0.25) is 0 Å². The summed E-state index contributed by atoms with van der Waals surface area (Å²) in [5.74, 6) is -0.316. The molecule has 1 N–H and O–H groups in total. The van der Waals surface area contributed by atoms with E-state index in [2.05, 4.69) is 5.32 Å². The molecule has 1 aliphatic rings. The first kappa shape index (κ1) is 13.3. The molecule has 1 aromatic heterocycles. The van der Waals surface area contributed by atoms with E-state index < -0.39 is 15.9 Å². The number of hydrogen-bond donors (Lipinski definition) is 1. The fraction of sp³-hybridized carbons (Fsp3) is 0.364. The van der Waals surface area contributed by atoms with Crippen LogP contribution in [0.25, 0.3) is 0 Å². The molecule has 0 aromatic carbocycles. The van der Waals surface area contributed by atoms with Crippen molar-refractivity contribution in [1.29, 1.82) is 0 Å². The van der Waals surface area contributed by atoms with Crippen LogP contribution in [0.1, 0.15) is 14.5 Å². The maximum Gasteiger partial charge on any atom is 0.261 e. The Labute approximate surface area is 109 Å². The first-order chi connectivity index (χ1) is 8.50. The standard InChI is InChI=1S/C11H13NO4S2/c1-16-6-9-2-3-10(17-9)11(13)12-8-4-5-18(14,15)7-8/h2-5,8H,6-7H2,1H3,(H,12,13)/t8-/m0/s1. The van der Waals surface area contributed by atoms with E-state index in [0.717, 1.165) is 10.3 Å². The molecule has 2 rings (SSSR count). The average Bonchev–Trinajstić information content (AvgIpc) is 2.86. The van der Waals surface area contributed by atoms with Gasteiger partial charge < -0.3 is 10.1 Å². The van der Waals surface area contributed by atoms with Crippen molar-refractivity contribution >= 4 is 27.1 Å². The summed E-state index contributed by atoms with van der Waals surface area (Å²) in [6, 6.07) is 3.10. The van der Waals surface area contributed by atoms with E-state index in [9.17, 15) is 13.2 Å². The predicted octanol–water partition coefficient (Wildman–Crippen LogP) is 0.935. The second-order valence-electron chi connectivity index (χ2n) is 3.94. The normalized spacial score (nSPS) is 21.1. The number of methoxy groups -OCH3 is 1. The Kier molecular flexibility index (Phi) is 3.84. The molecule has 0 unspecified atom stereocenters. The summed E-state index contributed by atoms with van der Waals surface area (Å²) in [5, 5.41) is 3.81. The minimum absolute atomic E-state index is 0.0605. The molecule has 1 atom stereocenters. The predicted molar refractivity (Wildman–Crippen MR) is 69.2 cm³/mol. The Morgan fingerprint density at radius 2 is 2.33 bits per heavy atom. The van der Waals surface area contributed by atoms with E-state index in [1.54, 1.807) is 13.2 Å². The number of thiophene rings is 1. The molecule has 98 valence electrons. The third-order valence-electron chi connectivity index (χ3n) is 2.42. The Balaban J connectivity index is 1.98. The highest BCUT2D eigenvalue weighted by Gasteiger charge is 2.23. The molecule has 7 heteroatoms. The quantitative estimate of drug-likeness (QED) is 0.894. The highest BCUT2D eigenvalue weighted by atomic mass is 32.2. The summed E-state index contributed by atoms with van der Waals surface area (Å²) in [4.78, 5) is 13.4. The molecule has 0 saturated carbocycles. The molecule has 0 aliphatic carbocycles. The summed E-state index contributed by atoms with van der Waals surface area (Å²) >= 11 is 1.34. The molecule has 18 heavy (non-hydrogen) atoms. The van der Waals surface area contributed by atoms with E-state index in [-0.39, 0.29) is 11.7 Å².